The quantitative estimate of drug-likeness (QED) is 0.0201. The fourth-order valence-electron chi connectivity index (χ4n) is 13.9. The summed E-state index contributed by atoms with van der Waals surface area (Å²) in [6, 6.07) is 17.1. The molecule has 0 heterocycles. The average molecular weight is 1330 g/mol. The third kappa shape index (κ3) is 24.9. The number of carbonyl (C=O) groups excluding carboxylic acids is 4. The van der Waals surface area contributed by atoms with Gasteiger partial charge in [0.1, 0.15) is 23.0 Å². The highest BCUT2D eigenvalue weighted by atomic mass is 16.5. The van der Waals surface area contributed by atoms with E-state index in [-0.39, 0.29) is 97.6 Å². The number of rotatable bonds is 40. The summed E-state index contributed by atoms with van der Waals surface area (Å²) in [7, 11) is 6.95. The van der Waals surface area contributed by atoms with Crippen molar-refractivity contribution in [3.05, 3.63) is 115 Å². The lowest BCUT2D eigenvalue weighted by atomic mass is 9.73. The minimum atomic E-state index is -0.286. The molecule has 4 unspecified atom stereocenters. The summed E-state index contributed by atoms with van der Waals surface area (Å²) in [4.78, 5) is 55.8. The number of unbranched alkanes of at least 4 members (excludes halogenated alkanes) is 12. The van der Waals surface area contributed by atoms with Crippen LogP contribution in [0.3, 0.4) is 0 Å². The molecule has 1 aliphatic rings. The number of benzene rings is 4. The lowest BCUT2D eigenvalue weighted by Crippen LogP contribution is -2.36. The Morgan fingerprint density at radius 3 is 0.656 bits per heavy atom. The van der Waals surface area contributed by atoms with Crippen LogP contribution >= 0.6 is 0 Å². The Morgan fingerprint density at radius 1 is 0.292 bits per heavy atom. The maximum absolute atomic E-state index is 14.0. The molecule has 96 heavy (non-hydrogen) atoms. The first-order valence-corrected chi connectivity index (χ1v) is 37.2. The van der Waals surface area contributed by atoms with E-state index in [2.05, 4.69) is 174 Å². The fourth-order valence-corrected chi connectivity index (χ4v) is 13.9. The summed E-state index contributed by atoms with van der Waals surface area (Å²) in [5.74, 6) is 2.38. The number of amides is 8. The van der Waals surface area contributed by atoms with Gasteiger partial charge in [-0.05, 0) is 144 Å². The molecule has 4 aromatic carbocycles. The fraction of sp³-hybridized carbons (Fsp3) is 0.650. The first kappa shape index (κ1) is 79.8. The van der Waals surface area contributed by atoms with Crippen LogP contribution in [0.15, 0.2) is 48.5 Å². The van der Waals surface area contributed by atoms with E-state index in [1.807, 2.05) is 0 Å². The van der Waals surface area contributed by atoms with Crippen LogP contribution in [0.1, 0.15) is 302 Å². The van der Waals surface area contributed by atoms with Crippen molar-refractivity contribution in [3.8, 4) is 23.0 Å². The predicted octanol–water partition coefficient (Wildman–Crippen LogP) is 18.3. The summed E-state index contributed by atoms with van der Waals surface area (Å²) in [6.07, 6.45) is 19.6. The minimum absolute atomic E-state index is 0.191. The second-order valence-electron chi connectivity index (χ2n) is 28.6. The number of hydrogen-bond donors (Lipinski definition) is 8. The summed E-state index contributed by atoms with van der Waals surface area (Å²) in [5, 5.41) is 25.7. The van der Waals surface area contributed by atoms with Gasteiger partial charge in [-0.25, -0.2) is 19.2 Å². The smallest absolute Gasteiger partial charge is 0.315 e. The first-order valence-electron chi connectivity index (χ1n) is 37.2. The molecular formula is C80H128N8O8. The lowest BCUT2D eigenvalue weighted by Gasteiger charge is -2.33. The topological polar surface area (TPSA) is 201 Å². The van der Waals surface area contributed by atoms with Gasteiger partial charge in [0.25, 0.3) is 0 Å². The number of methoxy groups -OCH3 is 4. The number of fused-ring (bicyclic) bond motifs is 8. The Kier molecular flexibility index (Phi) is 35.6. The van der Waals surface area contributed by atoms with Crippen LogP contribution in [0.2, 0.25) is 0 Å². The lowest BCUT2D eigenvalue weighted by molar-refractivity contribution is 0.239. The molecule has 0 aromatic heterocycles. The van der Waals surface area contributed by atoms with E-state index in [0.29, 0.717) is 74.9 Å². The summed E-state index contributed by atoms with van der Waals surface area (Å²) < 4.78 is 26.6. The summed E-state index contributed by atoms with van der Waals surface area (Å²) in [6.45, 7) is 30.1. The van der Waals surface area contributed by atoms with Crippen molar-refractivity contribution in [3.63, 3.8) is 0 Å². The zero-order valence-corrected chi connectivity index (χ0v) is 62.3. The maximum atomic E-state index is 14.0. The zero-order chi connectivity index (χ0) is 70.1. The Balaban J connectivity index is 2.03. The van der Waals surface area contributed by atoms with Gasteiger partial charge in [-0.1, -0.05) is 184 Å². The normalized spacial score (nSPS) is 15.1. The van der Waals surface area contributed by atoms with Crippen LogP contribution in [0, 0.1) is 23.7 Å². The highest BCUT2D eigenvalue weighted by Crippen LogP contribution is 2.51. The van der Waals surface area contributed by atoms with Crippen LogP contribution in [0.25, 0.3) is 0 Å². The molecule has 1 aliphatic carbocycles. The van der Waals surface area contributed by atoms with Gasteiger partial charge < -0.3 is 61.5 Å². The van der Waals surface area contributed by atoms with Gasteiger partial charge in [0.05, 0.1) is 28.4 Å². The molecule has 0 spiro atoms. The molecule has 8 amide bonds. The van der Waals surface area contributed by atoms with Gasteiger partial charge in [0.2, 0.25) is 0 Å². The van der Waals surface area contributed by atoms with Crippen molar-refractivity contribution in [1.29, 1.82) is 0 Å². The Hall–Kier alpha value is -6.84. The summed E-state index contributed by atoms with van der Waals surface area (Å²) in [5.41, 5.74) is 11.8. The van der Waals surface area contributed by atoms with Crippen LogP contribution in [-0.2, 0) is 26.2 Å². The van der Waals surface area contributed by atoms with Gasteiger partial charge in [-0.3, -0.25) is 0 Å². The maximum Gasteiger partial charge on any atom is 0.315 e. The molecule has 16 nitrogen and oxygen atoms in total. The van der Waals surface area contributed by atoms with Crippen molar-refractivity contribution in [2.24, 2.45) is 23.7 Å². The number of urea groups is 4. The number of ether oxygens (including phenoxy) is 4. The van der Waals surface area contributed by atoms with E-state index >= 15 is 0 Å². The van der Waals surface area contributed by atoms with Gasteiger partial charge >= 0.3 is 24.1 Å². The monoisotopic (exact) mass is 1330 g/mol. The molecule has 536 valence electrons. The third-order valence-electron chi connectivity index (χ3n) is 18.8. The molecule has 16 heteroatoms. The minimum Gasteiger partial charge on any atom is -0.496 e. The van der Waals surface area contributed by atoms with E-state index in [9.17, 15) is 19.2 Å². The molecule has 4 aromatic rings. The van der Waals surface area contributed by atoms with Crippen LogP contribution in [-0.4, -0.2) is 78.7 Å². The highest BCUT2D eigenvalue weighted by Gasteiger charge is 2.35. The molecule has 0 saturated carbocycles. The van der Waals surface area contributed by atoms with Gasteiger partial charge in [-0.15, -0.1) is 0 Å². The highest BCUT2D eigenvalue weighted by molar-refractivity contribution is 5.76. The van der Waals surface area contributed by atoms with Gasteiger partial charge in [0.15, 0.2) is 0 Å². The van der Waals surface area contributed by atoms with E-state index in [1.165, 1.54) is 0 Å². The SMILES string of the molecule is CCCCCCNC(=O)NCc1cc(OC)c2cc1C(CC(C)C)c1cc(c(CNC(=O)NCCCCCC)cc1OC)C(CC(C)C)c1cc(c(CNC(=O)NCCCCCC)cc1OC)C(CC(C)C)c1cc(c(CNC(=O)NCCCCCC)cc1OC)C2CC(C)C. The molecule has 5 rings (SSSR count). The van der Waals surface area contributed by atoms with E-state index in [1.54, 1.807) is 28.4 Å². The van der Waals surface area contributed by atoms with E-state index < -0.39 is 0 Å². The second kappa shape index (κ2) is 42.8. The van der Waals surface area contributed by atoms with Crippen LogP contribution in [0.4, 0.5) is 19.2 Å². The number of carbonyl (C=O) groups is 4. The molecule has 0 fully saturated rings. The first-order chi connectivity index (χ1) is 46.2. The van der Waals surface area contributed by atoms with Crippen LogP contribution in [0.5, 0.6) is 23.0 Å². The molecule has 0 radical (unpaired) electrons. The van der Waals surface area contributed by atoms with Gasteiger partial charge in [-0.2, -0.15) is 0 Å². The second-order valence-corrected chi connectivity index (χ2v) is 28.6. The molecule has 4 atom stereocenters. The standard InChI is InChI=1S/C80H128N8O8/c1-17-21-25-29-33-81-77(89)85-49-57-41-73(93-13)69-45-61(57)65(37-53(5)6)70-46-62(58(42-74(70)94-14)50-86-78(90)82-34-30-26-22-18-2)67(39-55(9)10)72-48-64(60(44-76(72)96-16)52-88-80(92)84-36-32-28-24-20-4)68(40-56(11)12)71-47-63(66(69)38-54(7)8)59(43-75(71)95-15)51-87-79(91)83-35-31-27-23-19-3/h41-48,53-56,65-68H,17-40,49-52H2,1-16H3,(H2,81,85,89)(H2,82,86,90)(H2,83,87,91)(H2,84,88,92). The Labute approximate surface area is 580 Å². The van der Waals surface area contributed by atoms with E-state index in [0.717, 1.165) is 169 Å². The largest absolute Gasteiger partial charge is 0.496 e. The molecular weight excluding hydrogens is 1200 g/mol. The van der Waals surface area contributed by atoms with Gasteiger partial charge in [0, 0.05) is 98.3 Å². The molecule has 0 aliphatic heterocycles. The van der Waals surface area contributed by atoms with Crippen molar-refractivity contribution in [1.82, 2.24) is 42.5 Å². The van der Waals surface area contributed by atoms with E-state index in [4.69, 9.17) is 18.9 Å². The third-order valence-corrected chi connectivity index (χ3v) is 18.8. The van der Waals surface area contributed by atoms with Crippen molar-refractivity contribution >= 4 is 24.1 Å². The molecule has 0 saturated heterocycles. The average Bonchev–Trinajstić information content (AvgIpc) is 0.752. The Bertz CT molecular complexity index is 2620. The number of hydrogen-bond acceptors (Lipinski definition) is 8. The molecule has 8 N–H and O–H groups in total. The van der Waals surface area contributed by atoms with Crippen LogP contribution < -0.4 is 61.5 Å². The predicted molar refractivity (Wildman–Crippen MR) is 395 cm³/mol. The zero-order valence-electron chi connectivity index (χ0n) is 62.3. The Morgan fingerprint density at radius 2 is 0.490 bits per heavy atom. The summed E-state index contributed by atoms with van der Waals surface area (Å²) >= 11 is 0. The molecule has 8 bridgehead atoms. The van der Waals surface area contributed by atoms with Crippen molar-refractivity contribution < 1.29 is 38.1 Å². The van der Waals surface area contributed by atoms with Crippen molar-refractivity contribution in [2.75, 3.05) is 54.6 Å². The van der Waals surface area contributed by atoms with Crippen molar-refractivity contribution in [2.45, 2.75) is 261 Å². The number of nitrogens with one attached hydrogen (secondary N) is 8.